The topological polar surface area (TPSA) is 40.5 Å². The molecule has 2 rings (SSSR count). The second-order valence-corrected chi connectivity index (χ2v) is 4.82. The van der Waals surface area contributed by atoms with Gasteiger partial charge in [-0.05, 0) is 23.6 Å². The van der Waals surface area contributed by atoms with Crippen molar-refractivity contribution < 1.29 is 23.1 Å². The summed E-state index contributed by atoms with van der Waals surface area (Å²) >= 11 is 0. The number of allylic oxidation sites excluding steroid dienone is 1. The van der Waals surface area contributed by atoms with Crippen LogP contribution in [-0.4, -0.2) is 30.8 Å². The maximum Gasteiger partial charge on any atom is 0.413 e. The summed E-state index contributed by atoms with van der Waals surface area (Å²) < 4.78 is 38.3. The van der Waals surface area contributed by atoms with Gasteiger partial charge in [0.1, 0.15) is 0 Å². The quantitative estimate of drug-likeness (QED) is 0.868. The summed E-state index contributed by atoms with van der Waals surface area (Å²) in [5.74, 6) is -1.58. The number of hydrogen-bond acceptors (Lipinski definition) is 2. The molecule has 1 aliphatic rings. The number of benzene rings is 1. The minimum atomic E-state index is -4.63. The van der Waals surface area contributed by atoms with Gasteiger partial charge >= 0.3 is 12.1 Å². The van der Waals surface area contributed by atoms with E-state index < -0.39 is 24.1 Å². The first-order valence-corrected chi connectivity index (χ1v) is 6.11. The zero-order chi connectivity index (χ0) is 14.9. The Hall–Kier alpha value is -1.98. The van der Waals surface area contributed by atoms with Gasteiger partial charge in [-0.1, -0.05) is 12.1 Å². The van der Waals surface area contributed by atoms with Gasteiger partial charge in [-0.25, -0.2) is 4.79 Å². The summed E-state index contributed by atoms with van der Waals surface area (Å²) in [4.78, 5) is 12.5. The van der Waals surface area contributed by atoms with Crippen molar-refractivity contribution in [3.05, 3.63) is 41.0 Å². The predicted octanol–water partition coefficient (Wildman–Crippen LogP) is 2.79. The lowest BCUT2D eigenvalue weighted by Gasteiger charge is -2.14. The van der Waals surface area contributed by atoms with Crippen molar-refractivity contribution in [2.45, 2.75) is 19.0 Å². The van der Waals surface area contributed by atoms with Crippen LogP contribution in [-0.2, 0) is 17.6 Å². The molecule has 0 saturated heterocycles. The molecule has 1 N–H and O–H groups in total. The first-order chi connectivity index (χ1) is 9.27. The van der Waals surface area contributed by atoms with E-state index in [1.165, 1.54) is 0 Å². The molecule has 0 fully saturated rings. The number of fused-ring (bicyclic) bond motifs is 1. The molecule has 20 heavy (non-hydrogen) atoms. The average molecular weight is 285 g/mol. The van der Waals surface area contributed by atoms with Gasteiger partial charge < -0.3 is 10.0 Å². The lowest BCUT2D eigenvalue weighted by Crippen LogP contribution is -2.16. The summed E-state index contributed by atoms with van der Waals surface area (Å²) in [5, 5.41) is 8.53. The second kappa shape index (κ2) is 5.19. The number of rotatable bonds is 3. The third-order valence-corrected chi connectivity index (χ3v) is 3.33. The van der Waals surface area contributed by atoms with Gasteiger partial charge in [-0.15, -0.1) is 0 Å². The highest BCUT2D eigenvalue weighted by molar-refractivity contribution is 5.81. The largest absolute Gasteiger partial charge is 0.478 e. The van der Waals surface area contributed by atoms with E-state index in [1.54, 1.807) is 18.2 Å². The maximum atomic E-state index is 12.8. The average Bonchev–Trinajstić information content (AvgIpc) is 2.68. The molecule has 1 aromatic carbocycles. The van der Waals surface area contributed by atoms with Crippen LogP contribution in [0.15, 0.2) is 29.8 Å². The van der Waals surface area contributed by atoms with Gasteiger partial charge in [-0.3, -0.25) is 0 Å². The van der Waals surface area contributed by atoms with Crippen LogP contribution < -0.4 is 4.90 Å². The van der Waals surface area contributed by atoms with Gasteiger partial charge in [0.05, 0.1) is 0 Å². The second-order valence-electron chi connectivity index (χ2n) is 4.82. The number of carboxylic acid groups (broad SMARTS) is 1. The van der Waals surface area contributed by atoms with Crippen LogP contribution in [0.1, 0.15) is 11.1 Å². The van der Waals surface area contributed by atoms with Crippen molar-refractivity contribution in [2.75, 3.05) is 18.5 Å². The first-order valence-electron chi connectivity index (χ1n) is 6.11. The molecular formula is C14H14F3NO2. The smallest absolute Gasteiger partial charge is 0.413 e. The van der Waals surface area contributed by atoms with E-state index in [-0.39, 0.29) is 6.08 Å². The summed E-state index contributed by atoms with van der Waals surface area (Å²) in [6, 6.07) is 5.12. The highest BCUT2D eigenvalue weighted by Gasteiger charge is 2.34. The van der Waals surface area contributed by atoms with Gasteiger partial charge in [0.15, 0.2) is 0 Å². The molecule has 108 valence electrons. The van der Waals surface area contributed by atoms with Crippen molar-refractivity contribution >= 4 is 11.7 Å². The zero-order valence-corrected chi connectivity index (χ0v) is 10.9. The van der Waals surface area contributed by atoms with Crippen molar-refractivity contribution in [3.8, 4) is 0 Å². The van der Waals surface area contributed by atoms with E-state index in [0.29, 0.717) is 5.56 Å². The molecule has 0 aliphatic carbocycles. The molecule has 1 aliphatic heterocycles. The van der Waals surface area contributed by atoms with Crippen LogP contribution in [0, 0.1) is 0 Å². The number of halogens is 3. The molecule has 1 aromatic rings. The van der Waals surface area contributed by atoms with Crippen molar-refractivity contribution in [3.63, 3.8) is 0 Å². The Morgan fingerprint density at radius 3 is 2.75 bits per heavy atom. The number of hydrogen-bond donors (Lipinski definition) is 1. The summed E-state index contributed by atoms with van der Waals surface area (Å²) in [5.41, 5.74) is 1.45. The minimum Gasteiger partial charge on any atom is -0.478 e. The number of alkyl halides is 3. The lowest BCUT2D eigenvalue weighted by atomic mass is 10.0. The van der Waals surface area contributed by atoms with E-state index >= 15 is 0 Å². The Bertz CT molecular complexity index is 564. The molecule has 0 unspecified atom stereocenters. The van der Waals surface area contributed by atoms with Crippen molar-refractivity contribution in [1.82, 2.24) is 0 Å². The van der Waals surface area contributed by atoms with Gasteiger partial charge in [0, 0.05) is 37.3 Å². The zero-order valence-electron chi connectivity index (χ0n) is 10.9. The van der Waals surface area contributed by atoms with Crippen molar-refractivity contribution in [2.24, 2.45) is 0 Å². The monoisotopic (exact) mass is 285 g/mol. The Balaban J connectivity index is 2.27. The molecular weight excluding hydrogens is 271 g/mol. The lowest BCUT2D eigenvalue weighted by molar-refractivity contribution is -0.132. The third kappa shape index (κ3) is 3.12. The fourth-order valence-corrected chi connectivity index (χ4v) is 2.33. The SMILES string of the molecule is CN1CCc2cc(C/C(=C\C(=O)O)C(F)(F)F)ccc21. The van der Waals surface area contributed by atoms with Crippen LogP contribution in [0.5, 0.6) is 0 Å². The fraction of sp³-hybridized carbons (Fsp3) is 0.357. The number of anilines is 1. The van der Waals surface area contributed by atoms with Crippen LogP contribution in [0.3, 0.4) is 0 Å². The molecule has 0 amide bonds. The normalized spacial score (nSPS) is 15.4. The Labute approximate surface area is 114 Å². The third-order valence-electron chi connectivity index (χ3n) is 3.33. The number of nitrogens with zero attached hydrogens (tertiary/aromatic N) is 1. The van der Waals surface area contributed by atoms with E-state index in [0.717, 1.165) is 24.2 Å². The maximum absolute atomic E-state index is 12.8. The number of carboxylic acids is 1. The van der Waals surface area contributed by atoms with Crippen LogP contribution >= 0.6 is 0 Å². The fourth-order valence-electron chi connectivity index (χ4n) is 2.33. The highest BCUT2D eigenvalue weighted by atomic mass is 19.4. The predicted molar refractivity (Wildman–Crippen MR) is 68.9 cm³/mol. The molecule has 0 atom stereocenters. The molecule has 0 radical (unpaired) electrons. The molecule has 0 spiro atoms. The molecule has 6 heteroatoms. The van der Waals surface area contributed by atoms with Gasteiger partial charge in [0.25, 0.3) is 0 Å². The molecule has 0 saturated carbocycles. The first kappa shape index (κ1) is 14.4. The molecule has 0 aromatic heterocycles. The minimum absolute atomic E-state index is 0.235. The highest BCUT2D eigenvalue weighted by Crippen LogP contribution is 2.31. The van der Waals surface area contributed by atoms with E-state index in [9.17, 15) is 18.0 Å². The number of carbonyl (C=O) groups is 1. The van der Waals surface area contributed by atoms with E-state index in [4.69, 9.17) is 5.11 Å². The van der Waals surface area contributed by atoms with Crippen LogP contribution in [0.25, 0.3) is 0 Å². The van der Waals surface area contributed by atoms with Crippen LogP contribution in [0.2, 0.25) is 0 Å². The Morgan fingerprint density at radius 2 is 2.15 bits per heavy atom. The molecule has 1 heterocycles. The van der Waals surface area contributed by atoms with Crippen molar-refractivity contribution in [1.29, 1.82) is 0 Å². The Morgan fingerprint density at radius 1 is 1.45 bits per heavy atom. The summed E-state index contributed by atoms with van der Waals surface area (Å²) in [6.07, 6.45) is -4.02. The van der Waals surface area contributed by atoms with Crippen LogP contribution in [0.4, 0.5) is 18.9 Å². The molecule has 0 bridgehead atoms. The summed E-state index contributed by atoms with van der Waals surface area (Å²) in [6.45, 7) is 0.843. The standard InChI is InChI=1S/C14H14F3NO2/c1-18-5-4-10-6-9(2-3-12(10)18)7-11(8-13(19)20)14(15,16)17/h2-3,6,8H,4-5,7H2,1H3,(H,19,20)/b11-8+. The van der Waals surface area contributed by atoms with E-state index in [1.807, 2.05) is 11.9 Å². The van der Waals surface area contributed by atoms with Gasteiger partial charge in [-0.2, -0.15) is 13.2 Å². The number of likely N-dealkylation sites (N-methyl/N-ethyl adjacent to an activating group) is 1. The van der Waals surface area contributed by atoms with Gasteiger partial charge in [0.2, 0.25) is 0 Å². The summed E-state index contributed by atoms with van der Waals surface area (Å²) in [7, 11) is 1.93. The molecule has 3 nitrogen and oxygen atoms in total. The van der Waals surface area contributed by atoms with E-state index in [2.05, 4.69) is 0 Å². The Kier molecular flexibility index (Phi) is 3.74. The number of aliphatic carboxylic acids is 1.